The van der Waals surface area contributed by atoms with E-state index in [9.17, 15) is 19.2 Å². The van der Waals surface area contributed by atoms with Gasteiger partial charge in [0.2, 0.25) is 17.7 Å². The zero-order valence-corrected chi connectivity index (χ0v) is 13.0. The van der Waals surface area contributed by atoms with Gasteiger partial charge in [-0.2, -0.15) is 12.6 Å². The summed E-state index contributed by atoms with van der Waals surface area (Å²) in [5.41, 5.74) is 5.10. The molecule has 132 valence electrons. The lowest BCUT2D eigenvalue weighted by Gasteiger charge is -2.22. The molecule has 0 aliphatic heterocycles. The van der Waals surface area contributed by atoms with Crippen molar-refractivity contribution in [1.82, 2.24) is 16.0 Å². The van der Waals surface area contributed by atoms with Crippen LogP contribution in [0.3, 0.4) is 0 Å². The Kier molecular flexibility index (Phi) is 9.89. The Labute approximate surface area is 137 Å². The average molecular weight is 352 g/mol. The van der Waals surface area contributed by atoms with Crippen molar-refractivity contribution >= 4 is 36.3 Å². The van der Waals surface area contributed by atoms with Crippen molar-refractivity contribution in [3.8, 4) is 0 Å². The van der Waals surface area contributed by atoms with Crippen LogP contribution < -0.4 is 21.7 Å². The topological polar surface area (TPSA) is 191 Å². The first-order valence-electron chi connectivity index (χ1n) is 6.46. The van der Waals surface area contributed by atoms with Gasteiger partial charge in [-0.15, -0.1) is 0 Å². The van der Waals surface area contributed by atoms with Crippen molar-refractivity contribution in [2.75, 3.05) is 25.5 Å². The summed E-state index contributed by atoms with van der Waals surface area (Å²) in [6.45, 7) is -2.03. The molecule has 0 heterocycles. The number of thiol groups is 1. The first kappa shape index (κ1) is 21.1. The van der Waals surface area contributed by atoms with Crippen molar-refractivity contribution < 1.29 is 34.5 Å². The normalized spacial score (nSPS) is 14.3. The van der Waals surface area contributed by atoms with Gasteiger partial charge in [0.05, 0.1) is 19.8 Å². The number of aliphatic hydroxyl groups is 2. The number of nitrogens with two attached hydrogens (primary N) is 1. The van der Waals surface area contributed by atoms with Crippen LogP contribution in [0.4, 0.5) is 0 Å². The maximum Gasteiger partial charge on any atom is 0.328 e. The van der Waals surface area contributed by atoms with Gasteiger partial charge >= 0.3 is 5.97 Å². The molecule has 0 fully saturated rings. The fourth-order valence-corrected chi connectivity index (χ4v) is 1.63. The van der Waals surface area contributed by atoms with Crippen LogP contribution in [0.2, 0.25) is 0 Å². The monoisotopic (exact) mass is 352 g/mol. The molecule has 3 atom stereocenters. The molecule has 0 spiro atoms. The van der Waals surface area contributed by atoms with Gasteiger partial charge in [-0.1, -0.05) is 0 Å². The lowest BCUT2D eigenvalue weighted by molar-refractivity contribution is -0.143. The van der Waals surface area contributed by atoms with Crippen LogP contribution in [0.1, 0.15) is 0 Å². The number of nitrogens with one attached hydrogen (secondary N) is 3. The number of aliphatic carboxylic acids is 1. The van der Waals surface area contributed by atoms with Crippen LogP contribution in [-0.4, -0.2) is 82.6 Å². The highest BCUT2D eigenvalue weighted by atomic mass is 32.1. The number of aliphatic hydroxyl groups excluding tert-OH is 2. The second-order valence-corrected chi connectivity index (χ2v) is 4.70. The van der Waals surface area contributed by atoms with Gasteiger partial charge in [-0.3, -0.25) is 14.4 Å². The fourth-order valence-electron chi connectivity index (χ4n) is 1.37. The van der Waals surface area contributed by atoms with E-state index in [2.05, 4.69) is 23.3 Å². The van der Waals surface area contributed by atoms with E-state index < -0.39 is 55.0 Å². The molecular weight excluding hydrogens is 332 g/mol. The maximum absolute atomic E-state index is 11.9. The predicted octanol–water partition coefficient (Wildman–Crippen LogP) is -4.60. The summed E-state index contributed by atoms with van der Waals surface area (Å²) in [5, 5.41) is 33.0. The van der Waals surface area contributed by atoms with Gasteiger partial charge < -0.3 is 37.0 Å². The van der Waals surface area contributed by atoms with E-state index in [1.165, 1.54) is 0 Å². The Morgan fingerprint density at radius 3 is 1.78 bits per heavy atom. The summed E-state index contributed by atoms with van der Waals surface area (Å²) in [5.74, 6) is -4.01. The predicted molar refractivity (Wildman–Crippen MR) is 80.5 cm³/mol. The van der Waals surface area contributed by atoms with E-state index in [1.54, 1.807) is 0 Å². The van der Waals surface area contributed by atoms with E-state index in [1.807, 2.05) is 5.32 Å². The lowest BCUT2D eigenvalue weighted by atomic mass is 10.2. The third-order valence-corrected chi connectivity index (χ3v) is 3.00. The van der Waals surface area contributed by atoms with Gasteiger partial charge in [0.1, 0.15) is 18.1 Å². The van der Waals surface area contributed by atoms with Crippen LogP contribution in [0.15, 0.2) is 0 Å². The average Bonchev–Trinajstić information content (AvgIpc) is 2.53. The number of hydrogen-bond acceptors (Lipinski definition) is 8. The minimum atomic E-state index is -1.58. The molecule has 0 aliphatic carbocycles. The second kappa shape index (κ2) is 10.8. The Morgan fingerprint density at radius 1 is 0.913 bits per heavy atom. The number of hydrogen-bond donors (Lipinski definition) is 8. The highest BCUT2D eigenvalue weighted by molar-refractivity contribution is 7.80. The molecule has 0 saturated carbocycles. The number of carbonyl (C=O) groups is 4. The summed E-state index contributed by atoms with van der Waals surface area (Å²) in [6, 6.07) is -4.14. The molecule has 3 unspecified atom stereocenters. The molecule has 12 heteroatoms. The number of carboxylic acids is 1. The van der Waals surface area contributed by atoms with Crippen molar-refractivity contribution in [1.29, 1.82) is 0 Å². The molecule has 23 heavy (non-hydrogen) atoms. The Morgan fingerprint density at radius 2 is 1.39 bits per heavy atom. The van der Waals surface area contributed by atoms with Crippen LogP contribution in [0.25, 0.3) is 0 Å². The molecule has 11 nitrogen and oxygen atoms in total. The molecule has 8 N–H and O–H groups in total. The van der Waals surface area contributed by atoms with Crippen molar-refractivity contribution in [2.45, 2.75) is 18.1 Å². The maximum atomic E-state index is 11.9. The minimum absolute atomic E-state index is 0.0915. The molecule has 0 rings (SSSR count). The summed E-state index contributed by atoms with van der Waals surface area (Å²) in [7, 11) is 0. The molecule has 0 aromatic rings. The van der Waals surface area contributed by atoms with E-state index in [0.29, 0.717) is 0 Å². The Balaban J connectivity index is 4.78. The largest absolute Gasteiger partial charge is 0.480 e. The van der Waals surface area contributed by atoms with Crippen LogP contribution in [0, 0.1) is 0 Å². The molecule has 0 aromatic carbocycles. The van der Waals surface area contributed by atoms with E-state index in [-0.39, 0.29) is 12.3 Å². The first-order chi connectivity index (χ1) is 10.8. The molecular formula is C11H20N4O7S. The smallest absolute Gasteiger partial charge is 0.328 e. The third-order valence-electron chi connectivity index (χ3n) is 2.63. The van der Waals surface area contributed by atoms with Gasteiger partial charge in [0.15, 0.2) is 0 Å². The van der Waals surface area contributed by atoms with E-state index in [0.717, 1.165) is 0 Å². The highest BCUT2D eigenvalue weighted by Gasteiger charge is 2.28. The summed E-state index contributed by atoms with van der Waals surface area (Å²) < 4.78 is 0. The molecule has 0 saturated heterocycles. The van der Waals surface area contributed by atoms with Gasteiger partial charge in [-0.05, 0) is 0 Å². The quantitative estimate of drug-likeness (QED) is 0.180. The Hall–Kier alpha value is -1.89. The molecule has 3 amide bonds. The number of carbonyl (C=O) groups excluding carboxylic acids is 3. The lowest BCUT2D eigenvalue weighted by Crippen LogP contribution is -2.58. The summed E-state index contributed by atoms with van der Waals surface area (Å²) in [6.07, 6.45) is 0. The van der Waals surface area contributed by atoms with Crippen molar-refractivity contribution in [3.63, 3.8) is 0 Å². The Bertz CT molecular complexity index is 448. The number of carboxylic acid groups (broad SMARTS) is 1. The minimum Gasteiger partial charge on any atom is -0.480 e. The summed E-state index contributed by atoms with van der Waals surface area (Å²) in [4.78, 5) is 45.6. The van der Waals surface area contributed by atoms with E-state index in [4.69, 9.17) is 21.1 Å². The number of rotatable bonds is 10. The molecule has 0 aromatic heterocycles. The van der Waals surface area contributed by atoms with Crippen LogP contribution in [0.5, 0.6) is 0 Å². The fraction of sp³-hybridized carbons (Fsp3) is 0.636. The van der Waals surface area contributed by atoms with Crippen LogP contribution in [-0.2, 0) is 19.2 Å². The zero-order chi connectivity index (χ0) is 18.0. The van der Waals surface area contributed by atoms with Gasteiger partial charge in [0.25, 0.3) is 0 Å². The van der Waals surface area contributed by atoms with Crippen LogP contribution >= 0.6 is 12.6 Å². The third kappa shape index (κ3) is 7.27. The van der Waals surface area contributed by atoms with Gasteiger partial charge in [-0.25, -0.2) is 4.79 Å². The SMILES string of the molecule is NCC(=O)NC(CS)C(=O)NC(CO)C(=O)NC(CO)C(=O)O. The molecule has 0 aliphatic rings. The second-order valence-electron chi connectivity index (χ2n) is 4.33. The zero-order valence-electron chi connectivity index (χ0n) is 12.1. The van der Waals surface area contributed by atoms with Crippen molar-refractivity contribution in [2.24, 2.45) is 5.73 Å². The highest BCUT2D eigenvalue weighted by Crippen LogP contribution is 1.93. The standard InChI is InChI=1S/C11H20N4O7S/c12-1-8(18)13-7(4-23)10(20)14-5(2-16)9(19)15-6(3-17)11(21)22/h5-7,16-17,23H,1-4,12H2,(H,13,18)(H,14,20)(H,15,19)(H,21,22). The van der Waals surface area contributed by atoms with E-state index >= 15 is 0 Å². The van der Waals surface area contributed by atoms with Gasteiger partial charge in [0, 0.05) is 5.75 Å². The number of amides is 3. The molecule has 0 radical (unpaired) electrons. The first-order valence-corrected chi connectivity index (χ1v) is 7.09. The summed E-state index contributed by atoms with van der Waals surface area (Å²) >= 11 is 3.88. The molecule has 0 bridgehead atoms. The van der Waals surface area contributed by atoms with Crippen molar-refractivity contribution in [3.05, 3.63) is 0 Å².